The Morgan fingerprint density at radius 1 is 1.14 bits per heavy atom. The van der Waals surface area contributed by atoms with Crippen molar-refractivity contribution >= 4 is 17.8 Å². The van der Waals surface area contributed by atoms with Gasteiger partial charge in [0.1, 0.15) is 11.3 Å². The van der Waals surface area contributed by atoms with Crippen LogP contribution in [0.3, 0.4) is 0 Å². The fourth-order valence-corrected chi connectivity index (χ4v) is 2.34. The van der Waals surface area contributed by atoms with Gasteiger partial charge in [0.25, 0.3) is 0 Å². The number of benzene rings is 1. The van der Waals surface area contributed by atoms with Crippen LogP contribution in [0.25, 0.3) is 0 Å². The first-order chi connectivity index (χ1) is 13.6. The van der Waals surface area contributed by atoms with Crippen LogP contribution in [0.4, 0.5) is 10.6 Å². The Labute approximate surface area is 164 Å². The highest BCUT2D eigenvalue weighted by molar-refractivity contribution is 5.99. The molecular formula is C20H25N3O5. The molecule has 28 heavy (non-hydrogen) atoms. The summed E-state index contributed by atoms with van der Waals surface area (Å²) < 4.78 is 9.90. The molecule has 150 valence electrons. The van der Waals surface area contributed by atoms with Gasteiger partial charge in [-0.1, -0.05) is 25.5 Å². The quantitative estimate of drug-likeness (QED) is 0.403. The summed E-state index contributed by atoms with van der Waals surface area (Å²) in [6, 6.07) is 9.91. The SMILES string of the molecule is CCCCON(C(=O)NCc1ccc(OC)cc1)c1ncccc1C(=O)OC. The van der Waals surface area contributed by atoms with Gasteiger partial charge in [-0.05, 0) is 36.2 Å². The Bertz CT molecular complexity index is 780. The molecular weight excluding hydrogens is 362 g/mol. The Hall–Kier alpha value is -3.13. The number of methoxy groups -OCH3 is 2. The normalized spacial score (nSPS) is 10.2. The zero-order chi connectivity index (χ0) is 20.4. The number of hydroxylamine groups is 1. The number of hydrogen-bond donors (Lipinski definition) is 1. The first kappa shape index (κ1) is 21.2. The highest BCUT2D eigenvalue weighted by atomic mass is 16.7. The lowest BCUT2D eigenvalue weighted by molar-refractivity contribution is 0.0596. The van der Waals surface area contributed by atoms with Crippen LogP contribution in [0.5, 0.6) is 5.75 Å². The van der Waals surface area contributed by atoms with E-state index >= 15 is 0 Å². The lowest BCUT2D eigenvalue weighted by Crippen LogP contribution is -2.41. The number of unbranched alkanes of at least 4 members (excludes halogenated alkanes) is 1. The number of nitrogens with one attached hydrogen (secondary N) is 1. The monoisotopic (exact) mass is 387 g/mol. The van der Waals surface area contributed by atoms with Gasteiger partial charge < -0.3 is 14.8 Å². The van der Waals surface area contributed by atoms with Gasteiger partial charge in [-0.25, -0.2) is 14.6 Å². The summed E-state index contributed by atoms with van der Waals surface area (Å²) in [6.07, 6.45) is 3.13. The number of ether oxygens (including phenoxy) is 2. The van der Waals surface area contributed by atoms with E-state index in [9.17, 15) is 9.59 Å². The molecule has 2 amide bonds. The molecule has 0 saturated carbocycles. The lowest BCUT2D eigenvalue weighted by atomic mass is 10.2. The van der Waals surface area contributed by atoms with Crippen LogP contribution in [0, 0.1) is 0 Å². The van der Waals surface area contributed by atoms with Gasteiger partial charge in [0.05, 0.1) is 20.8 Å². The highest BCUT2D eigenvalue weighted by Gasteiger charge is 2.24. The van der Waals surface area contributed by atoms with Gasteiger partial charge in [0.2, 0.25) is 0 Å². The molecule has 0 atom stereocenters. The maximum atomic E-state index is 12.8. The predicted octanol–water partition coefficient (Wildman–Crippen LogP) is 3.32. The number of aromatic nitrogens is 1. The van der Waals surface area contributed by atoms with E-state index in [0.29, 0.717) is 6.61 Å². The van der Waals surface area contributed by atoms with Gasteiger partial charge in [-0.2, -0.15) is 5.06 Å². The molecule has 0 radical (unpaired) electrons. The molecule has 2 rings (SSSR count). The van der Waals surface area contributed by atoms with E-state index in [0.717, 1.165) is 29.2 Å². The molecule has 1 heterocycles. The van der Waals surface area contributed by atoms with E-state index in [2.05, 4.69) is 10.3 Å². The Morgan fingerprint density at radius 2 is 1.89 bits per heavy atom. The average molecular weight is 387 g/mol. The van der Waals surface area contributed by atoms with Crippen LogP contribution in [0.1, 0.15) is 35.7 Å². The van der Waals surface area contributed by atoms with Gasteiger partial charge >= 0.3 is 12.0 Å². The van der Waals surface area contributed by atoms with Gasteiger partial charge in [0.15, 0.2) is 5.82 Å². The second kappa shape index (κ2) is 10.9. The molecule has 0 aliphatic heterocycles. The number of rotatable bonds is 9. The molecule has 0 saturated heterocycles. The predicted molar refractivity (Wildman–Crippen MR) is 104 cm³/mol. The van der Waals surface area contributed by atoms with E-state index < -0.39 is 12.0 Å². The van der Waals surface area contributed by atoms with Crippen molar-refractivity contribution < 1.29 is 23.9 Å². The van der Waals surface area contributed by atoms with E-state index in [1.54, 1.807) is 13.2 Å². The molecule has 1 aromatic carbocycles. The van der Waals surface area contributed by atoms with Crippen molar-refractivity contribution in [3.63, 3.8) is 0 Å². The summed E-state index contributed by atoms with van der Waals surface area (Å²) in [6.45, 7) is 2.60. The summed E-state index contributed by atoms with van der Waals surface area (Å²) in [7, 11) is 2.86. The zero-order valence-corrected chi connectivity index (χ0v) is 16.3. The Balaban J connectivity index is 2.17. The fraction of sp³-hybridized carbons (Fsp3) is 0.350. The molecule has 1 aromatic heterocycles. The Morgan fingerprint density at radius 3 is 2.54 bits per heavy atom. The number of carbonyl (C=O) groups excluding carboxylic acids is 2. The third-order valence-corrected chi connectivity index (χ3v) is 3.89. The van der Waals surface area contributed by atoms with Crippen LogP contribution in [0.15, 0.2) is 42.6 Å². The summed E-state index contributed by atoms with van der Waals surface area (Å²) in [5.41, 5.74) is 1.03. The lowest BCUT2D eigenvalue weighted by Gasteiger charge is -2.22. The molecule has 2 aromatic rings. The second-order valence-corrected chi connectivity index (χ2v) is 5.85. The van der Waals surface area contributed by atoms with Crippen molar-refractivity contribution in [2.24, 2.45) is 0 Å². The number of esters is 1. The zero-order valence-electron chi connectivity index (χ0n) is 16.3. The highest BCUT2D eigenvalue weighted by Crippen LogP contribution is 2.19. The van der Waals surface area contributed by atoms with Crippen molar-refractivity contribution in [3.05, 3.63) is 53.7 Å². The number of urea groups is 1. The van der Waals surface area contributed by atoms with Crippen LogP contribution >= 0.6 is 0 Å². The molecule has 0 spiro atoms. The minimum atomic E-state index is -0.602. The van der Waals surface area contributed by atoms with Gasteiger partial charge in [0, 0.05) is 12.7 Å². The standard InChI is InChI=1S/C20H25N3O5/c1-4-5-13-28-23(18-17(19(24)27-3)7-6-12-21-18)20(25)22-14-15-8-10-16(26-2)11-9-15/h6-12H,4-5,13-14H2,1-3H3,(H,22,25). The smallest absolute Gasteiger partial charge is 0.347 e. The second-order valence-electron chi connectivity index (χ2n) is 5.85. The topological polar surface area (TPSA) is 90.0 Å². The summed E-state index contributed by atoms with van der Waals surface area (Å²) in [5.74, 6) is 0.212. The minimum Gasteiger partial charge on any atom is -0.497 e. The minimum absolute atomic E-state index is 0.0812. The first-order valence-electron chi connectivity index (χ1n) is 8.97. The van der Waals surface area contributed by atoms with Crippen molar-refractivity contribution in [1.29, 1.82) is 0 Å². The number of amides is 2. The number of pyridine rings is 1. The van der Waals surface area contributed by atoms with E-state index in [4.69, 9.17) is 14.3 Å². The maximum Gasteiger partial charge on any atom is 0.347 e. The molecule has 0 bridgehead atoms. The number of carbonyl (C=O) groups is 2. The van der Waals surface area contributed by atoms with Crippen molar-refractivity contribution in [2.45, 2.75) is 26.3 Å². The van der Waals surface area contributed by atoms with Crippen molar-refractivity contribution in [1.82, 2.24) is 10.3 Å². The molecule has 0 unspecified atom stereocenters. The van der Waals surface area contributed by atoms with E-state index in [1.807, 2.05) is 31.2 Å². The summed E-state index contributed by atoms with van der Waals surface area (Å²) in [4.78, 5) is 34.6. The van der Waals surface area contributed by atoms with Crippen LogP contribution in [-0.2, 0) is 16.1 Å². The molecule has 0 aliphatic rings. The van der Waals surface area contributed by atoms with Crippen LogP contribution in [0.2, 0.25) is 0 Å². The summed E-state index contributed by atoms with van der Waals surface area (Å²) in [5, 5.41) is 3.78. The number of anilines is 1. The first-order valence-corrected chi connectivity index (χ1v) is 8.97. The van der Waals surface area contributed by atoms with Gasteiger partial charge in [-0.15, -0.1) is 0 Å². The molecule has 8 nitrogen and oxygen atoms in total. The molecule has 8 heteroatoms. The van der Waals surface area contributed by atoms with Crippen molar-refractivity contribution in [3.8, 4) is 5.75 Å². The number of nitrogens with zero attached hydrogens (tertiary/aromatic N) is 2. The largest absolute Gasteiger partial charge is 0.497 e. The average Bonchev–Trinajstić information content (AvgIpc) is 2.75. The van der Waals surface area contributed by atoms with Gasteiger partial charge in [-0.3, -0.25) is 4.84 Å². The molecule has 0 aliphatic carbocycles. The molecule has 0 fully saturated rings. The third-order valence-electron chi connectivity index (χ3n) is 3.89. The Kier molecular flexibility index (Phi) is 8.23. The van der Waals surface area contributed by atoms with Crippen LogP contribution < -0.4 is 15.1 Å². The number of hydrogen-bond acceptors (Lipinski definition) is 6. The summed E-state index contributed by atoms with van der Waals surface area (Å²) >= 11 is 0. The fourth-order valence-electron chi connectivity index (χ4n) is 2.34. The van der Waals surface area contributed by atoms with Crippen LogP contribution in [-0.4, -0.2) is 37.8 Å². The third kappa shape index (κ3) is 5.68. The van der Waals surface area contributed by atoms with E-state index in [-0.39, 0.29) is 17.9 Å². The van der Waals surface area contributed by atoms with E-state index in [1.165, 1.54) is 19.4 Å². The maximum absolute atomic E-state index is 12.8. The molecule has 1 N–H and O–H groups in total. The van der Waals surface area contributed by atoms with Crippen molar-refractivity contribution in [2.75, 3.05) is 25.9 Å².